The molecule has 38 heavy (non-hydrogen) atoms. The molecule has 2 aromatic rings. The van der Waals surface area contributed by atoms with Gasteiger partial charge in [0.2, 0.25) is 5.88 Å². The maximum atomic E-state index is 15.9. The van der Waals surface area contributed by atoms with Crippen molar-refractivity contribution in [3.8, 4) is 23.1 Å². The van der Waals surface area contributed by atoms with Crippen molar-refractivity contribution in [3.63, 3.8) is 0 Å². The zero-order chi connectivity index (χ0) is 28.1. The predicted octanol–water partition coefficient (Wildman–Crippen LogP) is 5.50. The van der Waals surface area contributed by atoms with Crippen molar-refractivity contribution < 1.29 is 32.9 Å². The molecular formula is C28H39F2N3O5. The summed E-state index contributed by atoms with van der Waals surface area (Å²) in [5.74, 6) is -3.37. The smallest absolute Gasteiger partial charge is 0.352 e. The van der Waals surface area contributed by atoms with E-state index in [1.54, 1.807) is 38.4 Å². The third-order valence-electron chi connectivity index (χ3n) is 7.64. The number of likely N-dealkylation sites (tertiary alicyclic amines) is 1. The first-order valence-electron chi connectivity index (χ1n) is 13.0. The standard InChI is InChI=1S/C28H39F2N3O5/c1-25(2)15-26(3,4)17-27(35,16-25)28(29,30)24(34)33-12-8-9-20(33)19-14-23(32(5)31-19)38-18-10-11-21(36-6)22(13-18)37-7/h10-11,13-14,20,35H,8-9,12,15-17H2,1-7H3/t20-/m0/s1. The third-order valence-corrected chi connectivity index (χ3v) is 7.64. The molecule has 2 fully saturated rings. The van der Waals surface area contributed by atoms with E-state index in [4.69, 9.17) is 14.2 Å². The molecule has 0 bridgehead atoms. The van der Waals surface area contributed by atoms with Gasteiger partial charge < -0.3 is 24.2 Å². The van der Waals surface area contributed by atoms with E-state index < -0.39 is 34.3 Å². The summed E-state index contributed by atoms with van der Waals surface area (Å²) in [6.07, 6.45) is 1.45. The molecule has 1 aliphatic heterocycles. The Kier molecular flexibility index (Phi) is 7.18. The molecule has 2 heterocycles. The molecule has 1 amide bonds. The number of ether oxygens (including phenoxy) is 3. The van der Waals surface area contributed by atoms with E-state index in [0.29, 0.717) is 48.1 Å². The highest BCUT2D eigenvalue weighted by Gasteiger charge is 2.65. The van der Waals surface area contributed by atoms with Crippen LogP contribution in [0.4, 0.5) is 8.78 Å². The van der Waals surface area contributed by atoms with E-state index >= 15 is 8.78 Å². The van der Waals surface area contributed by atoms with Gasteiger partial charge in [-0.2, -0.15) is 13.9 Å². The second-order valence-electron chi connectivity index (χ2n) is 12.3. The summed E-state index contributed by atoms with van der Waals surface area (Å²) in [4.78, 5) is 14.6. The lowest BCUT2D eigenvalue weighted by Crippen LogP contribution is -2.62. The molecule has 1 aromatic heterocycles. The van der Waals surface area contributed by atoms with Gasteiger partial charge in [0.15, 0.2) is 11.5 Å². The topological polar surface area (TPSA) is 86.0 Å². The molecule has 0 unspecified atom stereocenters. The zero-order valence-corrected chi connectivity index (χ0v) is 23.3. The fourth-order valence-corrected chi connectivity index (χ4v) is 6.72. The largest absolute Gasteiger partial charge is 0.493 e. The summed E-state index contributed by atoms with van der Waals surface area (Å²) >= 11 is 0. The number of carbonyl (C=O) groups excluding carboxylic acids is 1. The summed E-state index contributed by atoms with van der Waals surface area (Å²) in [7, 11) is 4.75. The molecular weight excluding hydrogens is 496 g/mol. The van der Waals surface area contributed by atoms with E-state index in [1.165, 1.54) is 16.7 Å². The van der Waals surface area contributed by atoms with Crippen LogP contribution < -0.4 is 14.2 Å². The fraction of sp³-hybridized carbons (Fsp3) is 0.643. The molecule has 1 saturated heterocycles. The number of rotatable bonds is 7. The average molecular weight is 536 g/mol. The molecule has 2 aliphatic rings. The van der Waals surface area contributed by atoms with Gasteiger partial charge in [0.1, 0.15) is 11.4 Å². The lowest BCUT2D eigenvalue weighted by Gasteiger charge is -2.51. The number of halogens is 2. The fourth-order valence-electron chi connectivity index (χ4n) is 6.72. The molecule has 1 aromatic carbocycles. The van der Waals surface area contributed by atoms with Crippen LogP contribution in [-0.2, 0) is 11.8 Å². The summed E-state index contributed by atoms with van der Waals surface area (Å²) in [5.41, 5.74) is -3.01. The minimum absolute atomic E-state index is 0.145. The van der Waals surface area contributed by atoms with Crippen molar-refractivity contribution in [2.45, 2.75) is 77.4 Å². The van der Waals surface area contributed by atoms with Gasteiger partial charge in [-0.05, 0) is 55.1 Å². The van der Waals surface area contributed by atoms with Crippen molar-refractivity contribution in [3.05, 3.63) is 30.0 Å². The van der Waals surface area contributed by atoms with Crippen molar-refractivity contribution in [1.29, 1.82) is 0 Å². The summed E-state index contributed by atoms with van der Waals surface area (Å²) in [6.45, 7) is 7.64. The van der Waals surface area contributed by atoms with Crippen LogP contribution in [0, 0.1) is 10.8 Å². The Bertz CT molecular complexity index is 1180. The number of alkyl halides is 2. The van der Waals surface area contributed by atoms with Gasteiger partial charge in [0.05, 0.1) is 26.0 Å². The maximum Gasteiger partial charge on any atom is 0.352 e. The summed E-state index contributed by atoms with van der Waals surface area (Å²) in [6, 6.07) is 6.12. The van der Waals surface area contributed by atoms with E-state index in [0.717, 1.165) is 0 Å². The number of benzene rings is 1. The van der Waals surface area contributed by atoms with Crippen LogP contribution in [0.1, 0.15) is 71.5 Å². The lowest BCUT2D eigenvalue weighted by molar-refractivity contribution is -0.231. The predicted molar refractivity (Wildman–Crippen MR) is 138 cm³/mol. The van der Waals surface area contributed by atoms with Crippen LogP contribution in [0.15, 0.2) is 24.3 Å². The van der Waals surface area contributed by atoms with Gasteiger partial charge in [-0.15, -0.1) is 0 Å². The van der Waals surface area contributed by atoms with Crippen LogP contribution in [0.2, 0.25) is 0 Å². The normalized spacial score (nSPS) is 22.3. The van der Waals surface area contributed by atoms with Gasteiger partial charge in [0.25, 0.3) is 5.91 Å². The van der Waals surface area contributed by atoms with Crippen LogP contribution in [-0.4, -0.2) is 58.0 Å². The second kappa shape index (κ2) is 9.70. The van der Waals surface area contributed by atoms with Crippen molar-refractivity contribution in [2.24, 2.45) is 17.9 Å². The van der Waals surface area contributed by atoms with Crippen LogP contribution in [0.25, 0.3) is 0 Å². The van der Waals surface area contributed by atoms with Crippen molar-refractivity contribution in [2.75, 3.05) is 20.8 Å². The molecule has 1 aliphatic carbocycles. The third kappa shape index (κ3) is 5.19. The number of hydrogen-bond acceptors (Lipinski definition) is 6. The highest BCUT2D eigenvalue weighted by atomic mass is 19.3. The summed E-state index contributed by atoms with van der Waals surface area (Å²) < 4.78 is 49.9. The Morgan fingerprint density at radius 1 is 1.05 bits per heavy atom. The first-order valence-corrected chi connectivity index (χ1v) is 13.0. The lowest BCUT2D eigenvalue weighted by atomic mass is 9.58. The maximum absolute atomic E-state index is 15.9. The van der Waals surface area contributed by atoms with Crippen molar-refractivity contribution >= 4 is 5.91 Å². The summed E-state index contributed by atoms with van der Waals surface area (Å²) in [5, 5.41) is 15.8. The highest BCUT2D eigenvalue weighted by Crippen LogP contribution is 2.55. The number of amides is 1. The van der Waals surface area contributed by atoms with Gasteiger partial charge in [-0.25, -0.2) is 4.68 Å². The first-order chi connectivity index (χ1) is 17.6. The number of hydrogen-bond donors (Lipinski definition) is 1. The van der Waals surface area contributed by atoms with Crippen LogP contribution in [0.5, 0.6) is 23.1 Å². The zero-order valence-electron chi connectivity index (χ0n) is 23.3. The number of methoxy groups -OCH3 is 2. The number of aliphatic hydroxyl groups is 1. The number of nitrogens with zero attached hydrogens (tertiary/aromatic N) is 3. The van der Waals surface area contributed by atoms with Crippen LogP contribution >= 0.6 is 0 Å². The highest BCUT2D eigenvalue weighted by molar-refractivity contribution is 5.85. The molecule has 1 atom stereocenters. The van der Waals surface area contributed by atoms with E-state index in [1.807, 2.05) is 27.7 Å². The number of aromatic nitrogens is 2. The van der Waals surface area contributed by atoms with Crippen LogP contribution in [0.3, 0.4) is 0 Å². The molecule has 10 heteroatoms. The van der Waals surface area contributed by atoms with E-state index in [2.05, 4.69) is 5.10 Å². The molecule has 1 saturated carbocycles. The van der Waals surface area contributed by atoms with Gasteiger partial charge >= 0.3 is 5.92 Å². The minimum Gasteiger partial charge on any atom is -0.493 e. The Balaban J connectivity index is 1.57. The van der Waals surface area contributed by atoms with Gasteiger partial charge in [-0.1, -0.05) is 27.7 Å². The molecule has 8 nitrogen and oxygen atoms in total. The quantitative estimate of drug-likeness (QED) is 0.504. The Hall–Kier alpha value is -2.88. The Labute approximate surface area is 222 Å². The Morgan fingerprint density at radius 2 is 1.68 bits per heavy atom. The molecule has 0 spiro atoms. The van der Waals surface area contributed by atoms with Gasteiger partial charge in [-0.3, -0.25) is 4.79 Å². The van der Waals surface area contributed by atoms with E-state index in [-0.39, 0.29) is 19.4 Å². The number of carbonyl (C=O) groups is 1. The molecule has 4 rings (SSSR count). The molecule has 210 valence electrons. The van der Waals surface area contributed by atoms with Gasteiger partial charge in [0, 0.05) is 25.7 Å². The monoisotopic (exact) mass is 535 g/mol. The SMILES string of the molecule is COc1ccc(Oc2cc([C@@H]3CCCN3C(=O)C(F)(F)C3(O)CC(C)(C)CC(C)(C)C3)nn2C)cc1OC. The molecule has 1 N–H and O–H groups in total. The second-order valence-corrected chi connectivity index (χ2v) is 12.3. The van der Waals surface area contributed by atoms with Crippen molar-refractivity contribution in [1.82, 2.24) is 14.7 Å². The average Bonchev–Trinajstić information content (AvgIpc) is 3.42. The minimum atomic E-state index is -3.93. The molecule has 0 radical (unpaired) electrons. The number of aryl methyl sites for hydroxylation is 1. The first kappa shape index (κ1) is 28.1. The van der Waals surface area contributed by atoms with E-state index in [9.17, 15) is 9.90 Å². The Morgan fingerprint density at radius 3 is 2.29 bits per heavy atom.